The summed E-state index contributed by atoms with van der Waals surface area (Å²) in [5, 5.41) is 20.1. The Morgan fingerprint density at radius 1 is 1.08 bits per heavy atom. The van der Waals surface area contributed by atoms with Gasteiger partial charge >= 0.3 is 0 Å². The predicted octanol–water partition coefficient (Wildman–Crippen LogP) is 3.46. The summed E-state index contributed by atoms with van der Waals surface area (Å²) in [5.74, 6) is 0.151. The Morgan fingerprint density at radius 3 is 2.12 bits per heavy atom. The lowest BCUT2D eigenvalue weighted by atomic mass is 9.64. The highest BCUT2D eigenvalue weighted by Gasteiger charge is 2.71. The van der Waals surface area contributed by atoms with Crippen LogP contribution in [0.2, 0.25) is 0 Å². The lowest BCUT2D eigenvalue weighted by Crippen LogP contribution is -2.63. The molecule has 1 heterocycles. The molecule has 142 valence electrons. The molecule has 2 bridgehead atoms. The van der Waals surface area contributed by atoms with Gasteiger partial charge < -0.3 is 15.8 Å². The van der Waals surface area contributed by atoms with Gasteiger partial charge in [0, 0.05) is 29.0 Å². The molecule has 0 radical (unpaired) electrons. The van der Waals surface area contributed by atoms with Gasteiger partial charge in [0.25, 0.3) is 0 Å². The Balaban J connectivity index is 1.85. The maximum absolute atomic E-state index is 13.5. The lowest BCUT2D eigenvalue weighted by molar-refractivity contribution is -0.137. The first kappa shape index (κ1) is 18.7. The van der Waals surface area contributed by atoms with Crippen LogP contribution in [0.5, 0.6) is 0 Å². The van der Waals surface area contributed by atoms with Crippen molar-refractivity contribution in [2.45, 2.75) is 97.7 Å². The molecule has 0 aromatic rings. The number of nitrogens with zero attached hydrogens (tertiary/aromatic N) is 1. The van der Waals surface area contributed by atoms with E-state index < -0.39 is 5.41 Å². The molecule has 5 nitrogen and oxygen atoms in total. The molecule has 0 spiro atoms. The first-order valence-corrected chi connectivity index (χ1v) is 9.60. The van der Waals surface area contributed by atoms with E-state index in [1.54, 1.807) is 0 Å². The molecule has 1 aliphatic heterocycles. The summed E-state index contributed by atoms with van der Waals surface area (Å²) in [6.07, 6.45) is 4.22. The molecular weight excluding hydrogens is 314 g/mol. The van der Waals surface area contributed by atoms with E-state index in [9.17, 15) is 10.0 Å². The number of hydrogen-bond donors (Lipinski definition) is 3. The fourth-order valence-corrected chi connectivity index (χ4v) is 6.28. The van der Waals surface area contributed by atoms with Crippen molar-refractivity contribution in [1.29, 1.82) is 0 Å². The normalized spacial score (nSPS) is 40.4. The van der Waals surface area contributed by atoms with Gasteiger partial charge in [0.15, 0.2) is 0 Å². The summed E-state index contributed by atoms with van der Waals surface area (Å²) in [7, 11) is 0. The molecule has 1 amide bonds. The van der Waals surface area contributed by atoms with Crippen LogP contribution < -0.4 is 10.6 Å². The summed E-state index contributed by atoms with van der Waals surface area (Å²) < 4.78 is 0. The van der Waals surface area contributed by atoms with Crippen molar-refractivity contribution >= 4 is 11.6 Å². The monoisotopic (exact) mass is 349 g/mol. The minimum absolute atomic E-state index is 0.00443. The Morgan fingerprint density at radius 2 is 1.64 bits per heavy atom. The van der Waals surface area contributed by atoms with E-state index in [1.807, 2.05) is 0 Å². The van der Waals surface area contributed by atoms with E-state index in [2.05, 4.69) is 64.3 Å². The van der Waals surface area contributed by atoms with Crippen LogP contribution in [0.3, 0.4) is 0 Å². The van der Waals surface area contributed by atoms with Crippen LogP contribution in [0.25, 0.3) is 0 Å². The van der Waals surface area contributed by atoms with Crippen molar-refractivity contribution in [2.24, 2.45) is 21.4 Å². The number of carbonyl (C=O) groups excluding carboxylic acids is 1. The highest BCUT2D eigenvalue weighted by atomic mass is 16.4. The second-order valence-corrected chi connectivity index (χ2v) is 10.7. The van der Waals surface area contributed by atoms with Crippen LogP contribution in [0, 0.1) is 16.2 Å². The van der Waals surface area contributed by atoms with E-state index in [-0.39, 0.29) is 33.9 Å². The van der Waals surface area contributed by atoms with Gasteiger partial charge in [0.2, 0.25) is 5.91 Å². The van der Waals surface area contributed by atoms with Gasteiger partial charge in [0.1, 0.15) is 0 Å². The quantitative estimate of drug-likeness (QED) is 0.528. The summed E-state index contributed by atoms with van der Waals surface area (Å²) >= 11 is 0. The maximum atomic E-state index is 13.5. The fourth-order valence-electron chi connectivity index (χ4n) is 6.28. The van der Waals surface area contributed by atoms with E-state index in [4.69, 9.17) is 0 Å². The zero-order valence-electron chi connectivity index (χ0n) is 16.9. The molecule has 25 heavy (non-hydrogen) atoms. The molecule has 2 aliphatic carbocycles. The van der Waals surface area contributed by atoms with Crippen molar-refractivity contribution in [1.82, 2.24) is 10.6 Å². The maximum Gasteiger partial charge on any atom is 0.227 e. The van der Waals surface area contributed by atoms with Gasteiger partial charge in [-0.05, 0) is 58.8 Å². The van der Waals surface area contributed by atoms with Crippen LogP contribution in [-0.4, -0.2) is 33.9 Å². The van der Waals surface area contributed by atoms with Crippen molar-refractivity contribution in [3.8, 4) is 0 Å². The number of piperidine rings is 1. The van der Waals surface area contributed by atoms with Gasteiger partial charge in [-0.15, -0.1) is 0 Å². The number of fused-ring (bicyclic) bond motifs is 2. The van der Waals surface area contributed by atoms with Crippen LogP contribution in [-0.2, 0) is 4.79 Å². The molecule has 3 fully saturated rings. The van der Waals surface area contributed by atoms with Crippen molar-refractivity contribution in [3.05, 3.63) is 0 Å². The number of carbonyl (C=O) groups is 1. The predicted molar refractivity (Wildman–Crippen MR) is 99.9 cm³/mol. The number of amides is 1. The van der Waals surface area contributed by atoms with E-state index in [1.165, 1.54) is 0 Å². The van der Waals surface area contributed by atoms with Gasteiger partial charge in [-0.3, -0.25) is 4.79 Å². The number of hydrogen-bond acceptors (Lipinski definition) is 4. The largest absolute Gasteiger partial charge is 0.411 e. The van der Waals surface area contributed by atoms with E-state index in [0.29, 0.717) is 6.42 Å². The Labute approximate surface area is 152 Å². The third-order valence-corrected chi connectivity index (χ3v) is 7.81. The molecule has 0 unspecified atom stereocenters. The third kappa shape index (κ3) is 2.53. The summed E-state index contributed by atoms with van der Waals surface area (Å²) in [5.41, 5.74) is -0.0443. The minimum atomic E-state index is -0.456. The Hall–Kier alpha value is -1.10. The first-order valence-electron chi connectivity index (χ1n) is 9.60. The van der Waals surface area contributed by atoms with Crippen molar-refractivity contribution in [2.75, 3.05) is 0 Å². The molecule has 2 saturated carbocycles. The summed E-state index contributed by atoms with van der Waals surface area (Å²) in [6, 6.07) is 0.172. The minimum Gasteiger partial charge on any atom is -0.411 e. The highest BCUT2D eigenvalue weighted by Crippen LogP contribution is 2.71. The molecular formula is C20H35N3O2. The average Bonchev–Trinajstić information content (AvgIpc) is 2.73. The SMILES string of the molecule is CC1(C)CC(NC(=O)[C@]23CC[C@](C)(/C(=N\O)C2)C3(C)C)CC(C)(C)N1. The first-order chi connectivity index (χ1) is 11.3. The molecule has 3 N–H and O–H groups in total. The van der Waals surface area contributed by atoms with Crippen LogP contribution >= 0.6 is 0 Å². The number of oxime groups is 1. The van der Waals surface area contributed by atoms with Crippen LogP contribution in [0.1, 0.15) is 80.6 Å². The van der Waals surface area contributed by atoms with Gasteiger partial charge in [0.05, 0.1) is 11.1 Å². The summed E-state index contributed by atoms with van der Waals surface area (Å²) in [6.45, 7) is 15.3. The topological polar surface area (TPSA) is 73.7 Å². The molecule has 0 aromatic heterocycles. The molecule has 5 heteroatoms. The molecule has 3 rings (SSSR count). The number of nitrogens with one attached hydrogen (secondary N) is 2. The Bertz CT molecular complexity index is 606. The van der Waals surface area contributed by atoms with E-state index >= 15 is 0 Å². The zero-order valence-corrected chi connectivity index (χ0v) is 16.9. The van der Waals surface area contributed by atoms with Crippen LogP contribution in [0.15, 0.2) is 5.16 Å². The van der Waals surface area contributed by atoms with Crippen molar-refractivity contribution < 1.29 is 10.0 Å². The zero-order chi connectivity index (χ0) is 18.9. The second-order valence-electron chi connectivity index (χ2n) is 10.7. The molecule has 0 aromatic carbocycles. The van der Waals surface area contributed by atoms with Crippen molar-refractivity contribution in [3.63, 3.8) is 0 Å². The average molecular weight is 350 g/mol. The summed E-state index contributed by atoms with van der Waals surface area (Å²) in [4.78, 5) is 13.5. The molecule has 1 saturated heterocycles. The molecule has 2 atom stereocenters. The Kier molecular flexibility index (Phi) is 3.90. The fraction of sp³-hybridized carbons (Fsp3) is 0.900. The molecule has 3 aliphatic rings. The smallest absolute Gasteiger partial charge is 0.227 e. The lowest BCUT2D eigenvalue weighted by Gasteiger charge is -2.48. The van der Waals surface area contributed by atoms with E-state index in [0.717, 1.165) is 31.4 Å². The van der Waals surface area contributed by atoms with Gasteiger partial charge in [-0.1, -0.05) is 25.9 Å². The van der Waals surface area contributed by atoms with Gasteiger partial charge in [-0.2, -0.15) is 0 Å². The highest BCUT2D eigenvalue weighted by molar-refractivity contribution is 6.02. The number of rotatable bonds is 2. The van der Waals surface area contributed by atoms with Crippen LogP contribution in [0.4, 0.5) is 0 Å². The third-order valence-electron chi connectivity index (χ3n) is 7.81. The second kappa shape index (κ2) is 5.21. The standard InChI is InChI=1S/C20H35N3O2/c1-16(2)10-13(11-17(3,4)23-16)21-15(24)20-9-8-19(7,18(20,5)6)14(12-20)22-25/h13,23,25H,8-12H2,1-7H3,(H,21,24)/b22-14-/t19-,20+/m1/s1. The van der Waals surface area contributed by atoms with Gasteiger partial charge in [-0.25, -0.2) is 0 Å².